The average Bonchev–Trinajstić information content (AvgIpc) is 3.12. The molecule has 29 heavy (non-hydrogen) atoms. The summed E-state index contributed by atoms with van der Waals surface area (Å²) < 4.78 is 6.80. The molecule has 9 nitrogen and oxygen atoms in total. The van der Waals surface area contributed by atoms with Gasteiger partial charge in [-0.25, -0.2) is 4.79 Å². The Bertz CT molecular complexity index is 980. The number of hydrogen-bond donors (Lipinski definition) is 2. The molecule has 1 fully saturated rings. The molecule has 0 unspecified atom stereocenters. The second kappa shape index (κ2) is 8.34. The van der Waals surface area contributed by atoms with Crippen LogP contribution in [0.4, 0.5) is 10.6 Å². The van der Waals surface area contributed by atoms with Gasteiger partial charge in [0.2, 0.25) is 0 Å². The van der Waals surface area contributed by atoms with Gasteiger partial charge in [-0.2, -0.15) is 4.52 Å². The third-order valence-electron chi connectivity index (χ3n) is 5.00. The number of nitrogens with zero attached hydrogens (tertiary/aromatic N) is 5. The highest BCUT2D eigenvalue weighted by Crippen LogP contribution is 2.18. The number of aromatic hydroxyl groups is 1. The number of amides is 1. The number of phenols is 1. The Morgan fingerprint density at radius 2 is 1.93 bits per heavy atom. The van der Waals surface area contributed by atoms with Crippen molar-refractivity contribution < 1.29 is 14.6 Å². The molecular weight excluding hydrogens is 372 g/mol. The summed E-state index contributed by atoms with van der Waals surface area (Å²) in [7, 11) is 0. The number of phenolic OH excluding ortho intramolecular Hbond substituents is 1. The molecule has 1 aromatic carbocycles. The number of fused-ring (bicyclic) bond motifs is 1. The smallest absolute Gasteiger partial charge is 0.409 e. The quantitative estimate of drug-likeness (QED) is 0.682. The van der Waals surface area contributed by atoms with Crippen LogP contribution in [0.2, 0.25) is 0 Å². The third-order valence-corrected chi connectivity index (χ3v) is 5.00. The summed E-state index contributed by atoms with van der Waals surface area (Å²) in [5.74, 6) is 1.71. The number of ether oxygens (including phenoxy) is 1. The van der Waals surface area contributed by atoms with Gasteiger partial charge in [0.25, 0.3) is 0 Å². The number of aromatic nitrogens is 4. The number of carbonyl (C=O) groups is 1. The maximum atomic E-state index is 11.8. The van der Waals surface area contributed by atoms with E-state index in [-0.39, 0.29) is 17.9 Å². The number of piperidine rings is 1. The molecule has 0 aliphatic carbocycles. The van der Waals surface area contributed by atoms with E-state index >= 15 is 0 Å². The zero-order valence-corrected chi connectivity index (χ0v) is 16.3. The highest BCUT2D eigenvalue weighted by molar-refractivity contribution is 5.67. The van der Waals surface area contributed by atoms with Crippen molar-refractivity contribution in [2.24, 2.45) is 0 Å². The van der Waals surface area contributed by atoms with Crippen molar-refractivity contribution in [3.05, 3.63) is 47.8 Å². The summed E-state index contributed by atoms with van der Waals surface area (Å²) in [5, 5.41) is 26.0. The number of carbonyl (C=O) groups excluding carboxylic acids is 1. The number of likely N-dealkylation sites (tertiary alicyclic amines) is 1. The van der Waals surface area contributed by atoms with Crippen molar-refractivity contribution in [2.45, 2.75) is 32.2 Å². The van der Waals surface area contributed by atoms with E-state index in [0.29, 0.717) is 31.8 Å². The van der Waals surface area contributed by atoms with Gasteiger partial charge in [-0.3, -0.25) is 0 Å². The molecule has 2 N–H and O–H groups in total. The van der Waals surface area contributed by atoms with Crippen molar-refractivity contribution in [3.63, 3.8) is 0 Å². The van der Waals surface area contributed by atoms with Crippen LogP contribution < -0.4 is 5.32 Å². The predicted octanol–water partition coefficient (Wildman–Crippen LogP) is 2.45. The van der Waals surface area contributed by atoms with Crippen molar-refractivity contribution in [3.8, 4) is 5.75 Å². The van der Waals surface area contributed by atoms with Gasteiger partial charge in [0.1, 0.15) is 11.6 Å². The Kier molecular flexibility index (Phi) is 5.46. The Labute approximate surface area is 168 Å². The lowest BCUT2D eigenvalue weighted by Gasteiger charge is -2.31. The minimum atomic E-state index is -0.242. The molecule has 2 aromatic heterocycles. The Hall–Kier alpha value is -3.36. The summed E-state index contributed by atoms with van der Waals surface area (Å²) in [5.41, 5.74) is 1.70. The van der Waals surface area contributed by atoms with E-state index < -0.39 is 0 Å². The van der Waals surface area contributed by atoms with Crippen LogP contribution in [0.1, 0.15) is 31.2 Å². The lowest BCUT2D eigenvalue weighted by molar-refractivity contribution is 0.0983. The van der Waals surface area contributed by atoms with Gasteiger partial charge in [0.15, 0.2) is 11.5 Å². The van der Waals surface area contributed by atoms with E-state index in [9.17, 15) is 9.90 Å². The number of anilines is 1. The molecular formula is C20H24N6O3. The van der Waals surface area contributed by atoms with Gasteiger partial charge in [-0.15, -0.1) is 15.3 Å². The van der Waals surface area contributed by atoms with Gasteiger partial charge in [0, 0.05) is 25.6 Å². The van der Waals surface area contributed by atoms with Crippen molar-refractivity contribution in [1.82, 2.24) is 24.7 Å². The van der Waals surface area contributed by atoms with E-state index in [1.165, 1.54) is 0 Å². The highest BCUT2D eigenvalue weighted by atomic mass is 16.6. The predicted molar refractivity (Wildman–Crippen MR) is 107 cm³/mol. The molecule has 0 radical (unpaired) electrons. The molecule has 0 saturated carbocycles. The molecule has 1 amide bonds. The number of nitrogens with one attached hydrogen (secondary N) is 1. The fourth-order valence-corrected chi connectivity index (χ4v) is 3.45. The number of rotatable bonds is 5. The van der Waals surface area contributed by atoms with Crippen molar-refractivity contribution in [2.75, 3.05) is 25.0 Å². The summed E-state index contributed by atoms with van der Waals surface area (Å²) in [6.07, 6.45) is 1.99. The molecule has 9 heteroatoms. The molecule has 1 saturated heterocycles. The first-order chi connectivity index (χ1) is 14.1. The molecule has 1 aliphatic heterocycles. The summed E-state index contributed by atoms with van der Waals surface area (Å²) in [6.45, 7) is 3.54. The molecule has 3 heterocycles. The first-order valence-corrected chi connectivity index (χ1v) is 9.80. The van der Waals surface area contributed by atoms with E-state index in [2.05, 4.69) is 20.6 Å². The Balaban J connectivity index is 1.42. The minimum Gasteiger partial charge on any atom is -0.508 e. The maximum Gasteiger partial charge on any atom is 0.409 e. The van der Waals surface area contributed by atoms with Crippen LogP contribution in [-0.4, -0.2) is 61.6 Å². The minimum absolute atomic E-state index is 0.235. The third kappa shape index (κ3) is 4.39. The molecule has 0 atom stereocenters. The van der Waals surface area contributed by atoms with E-state index in [1.54, 1.807) is 21.5 Å². The fraction of sp³-hybridized carbons (Fsp3) is 0.400. The molecule has 152 valence electrons. The molecule has 1 aliphatic rings. The highest BCUT2D eigenvalue weighted by Gasteiger charge is 2.23. The molecule has 0 spiro atoms. The van der Waals surface area contributed by atoms with E-state index in [1.807, 2.05) is 31.2 Å². The van der Waals surface area contributed by atoms with Crippen LogP contribution in [0.25, 0.3) is 5.65 Å². The second-order valence-electron chi connectivity index (χ2n) is 7.05. The van der Waals surface area contributed by atoms with Gasteiger partial charge < -0.3 is 20.1 Å². The normalized spacial score (nSPS) is 14.9. The second-order valence-corrected chi connectivity index (χ2v) is 7.05. The maximum absolute atomic E-state index is 11.8. The number of benzene rings is 1. The zero-order valence-electron chi connectivity index (χ0n) is 16.3. The van der Waals surface area contributed by atoms with Gasteiger partial charge in [-0.05, 0) is 49.6 Å². The lowest BCUT2D eigenvalue weighted by Crippen LogP contribution is -2.42. The Morgan fingerprint density at radius 1 is 1.17 bits per heavy atom. The zero-order chi connectivity index (χ0) is 20.2. The summed E-state index contributed by atoms with van der Waals surface area (Å²) in [4.78, 5) is 13.6. The topological polar surface area (TPSA) is 105 Å². The fourth-order valence-electron chi connectivity index (χ4n) is 3.45. The molecule has 0 bridgehead atoms. The average molecular weight is 396 g/mol. The standard InChI is InChI=1S/C20H24N6O3/c1-2-29-20(28)25-11-9-15(10-12-25)21-17-7-8-18-22-23-19(26(18)24-17)13-14-3-5-16(27)6-4-14/h3-8,15,27H,2,9-13H2,1H3,(H,21,24). The van der Waals surface area contributed by atoms with Gasteiger partial charge in [-0.1, -0.05) is 12.1 Å². The molecule has 3 aromatic rings. The number of hydrogen-bond acceptors (Lipinski definition) is 7. The van der Waals surface area contributed by atoms with Crippen molar-refractivity contribution >= 4 is 17.6 Å². The first-order valence-electron chi connectivity index (χ1n) is 9.80. The van der Waals surface area contributed by atoms with Crippen LogP contribution in [0, 0.1) is 0 Å². The summed E-state index contributed by atoms with van der Waals surface area (Å²) in [6, 6.07) is 11.0. The lowest BCUT2D eigenvalue weighted by atomic mass is 10.1. The van der Waals surface area contributed by atoms with Crippen LogP contribution in [0.3, 0.4) is 0 Å². The van der Waals surface area contributed by atoms with Gasteiger partial charge >= 0.3 is 6.09 Å². The van der Waals surface area contributed by atoms with Crippen LogP contribution >= 0.6 is 0 Å². The van der Waals surface area contributed by atoms with Gasteiger partial charge in [0.05, 0.1) is 6.61 Å². The van der Waals surface area contributed by atoms with E-state index in [4.69, 9.17) is 4.74 Å². The van der Waals surface area contributed by atoms with Crippen molar-refractivity contribution in [1.29, 1.82) is 0 Å². The summed E-state index contributed by atoms with van der Waals surface area (Å²) >= 11 is 0. The SMILES string of the molecule is CCOC(=O)N1CCC(Nc2ccc3nnc(Cc4ccc(O)cc4)n3n2)CC1. The first kappa shape index (κ1) is 19.0. The monoisotopic (exact) mass is 396 g/mol. The van der Waals surface area contributed by atoms with Crippen LogP contribution in [-0.2, 0) is 11.2 Å². The van der Waals surface area contributed by atoms with E-state index in [0.717, 1.165) is 30.0 Å². The molecule has 4 rings (SSSR count). The Morgan fingerprint density at radius 3 is 2.66 bits per heavy atom. The largest absolute Gasteiger partial charge is 0.508 e. The van der Waals surface area contributed by atoms with Crippen LogP contribution in [0.15, 0.2) is 36.4 Å². The van der Waals surface area contributed by atoms with Crippen LogP contribution in [0.5, 0.6) is 5.75 Å².